The Bertz CT molecular complexity index is 495. The van der Waals surface area contributed by atoms with E-state index in [0.717, 1.165) is 25.0 Å². The van der Waals surface area contributed by atoms with E-state index in [4.69, 9.17) is 5.73 Å². The van der Waals surface area contributed by atoms with Gasteiger partial charge in [0.15, 0.2) is 0 Å². The lowest BCUT2D eigenvalue weighted by Crippen LogP contribution is -2.50. The summed E-state index contributed by atoms with van der Waals surface area (Å²) in [7, 11) is 0. The molecule has 1 aliphatic heterocycles. The molecule has 2 atom stereocenters. The number of urea groups is 1. The first-order valence-electron chi connectivity index (χ1n) is 6.77. The fraction of sp³-hybridized carbons (Fsp3) is 0.500. The van der Waals surface area contributed by atoms with Crippen molar-refractivity contribution in [3.05, 3.63) is 29.8 Å². The molecule has 1 saturated heterocycles. The van der Waals surface area contributed by atoms with Crippen LogP contribution in [0.1, 0.15) is 19.8 Å². The molecule has 0 aromatic heterocycles. The van der Waals surface area contributed by atoms with Crippen molar-refractivity contribution in [1.29, 1.82) is 0 Å². The van der Waals surface area contributed by atoms with Gasteiger partial charge in [-0.1, -0.05) is 13.3 Å². The minimum Gasteiger partial charge on any atom is -0.327 e. The number of benzene rings is 1. The highest BCUT2D eigenvalue weighted by Gasteiger charge is 2.28. The molecule has 2 amide bonds. The second-order valence-electron chi connectivity index (χ2n) is 5.12. The quantitative estimate of drug-likeness (QED) is 0.876. The van der Waals surface area contributed by atoms with Crippen molar-refractivity contribution in [3.8, 4) is 0 Å². The summed E-state index contributed by atoms with van der Waals surface area (Å²) in [5.41, 5.74) is 5.97. The van der Waals surface area contributed by atoms with E-state index in [1.165, 1.54) is 6.07 Å². The molecule has 1 heterocycles. The van der Waals surface area contributed by atoms with Gasteiger partial charge in [-0.25, -0.2) is 13.6 Å². The molecule has 0 bridgehead atoms. The summed E-state index contributed by atoms with van der Waals surface area (Å²) in [6.07, 6.45) is 1.63. The van der Waals surface area contributed by atoms with Gasteiger partial charge >= 0.3 is 6.03 Å². The van der Waals surface area contributed by atoms with Gasteiger partial charge in [-0.3, -0.25) is 0 Å². The highest BCUT2D eigenvalue weighted by Crippen LogP contribution is 2.20. The molecule has 0 radical (unpaired) electrons. The second kappa shape index (κ2) is 6.17. The minimum absolute atomic E-state index is 0.0145. The largest absolute Gasteiger partial charge is 0.327 e. The van der Waals surface area contributed by atoms with Crippen LogP contribution in [0.15, 0.2) is 18.2 Å². The van der Waals surface area contributed by atoms with Crippen LogP contribution in [0.25, 0.3) is 0 Å². The third kappa shape index (κ3) is 3.25. The maximum atomic E-state index is 13.5. The molecule has 0 saturated carbocycles. The van der Waals surface area contributed by atoms with Gasteiger partial charge < -0.3 is 16.0 Å². The van der Waals surface area contributed by atoms with Crippen molar-refractivity contribution in [3.63, 3.8) is 0 Å². The SMILES string of the molecule is CCC1CN(C(=O)Nc2ccc(F)cc2F)CCC1N. The number of hydrogen-bond acceptors (Lipinski definition) is 2. The minimum atomic E-state index is -0.779. The molecular weight excluding hydrogens is 264 g/mol. The molecule has 0 spiro atoms. The van der Waals surface area contributed by atoms with Crippen molar-refractivity contribution in [2.24, 2.45) is 11.7 Å². The fourth-order valence-corrected chi connectivity index (χ4v) is 2.45. The van der Waals surface area contributed by atoms with Crippen LogP contribution >= 0.6 is 0 Å². The van der Waals surface area contributed by atoms with E-state index in [1.807, 2.05) is 6.92 Å². The van der Waals surface area contributed by atoms with Crippen molar-refractivity contribution >= 4 is 11.7 Å². The maximum absolute atomic E-state index is 13.5. The summed E-state index contributed by atoms with van der Waals surface area (Å²) in [6.45, 7) is 3.14. The number of nitrogens with zero attached hydrogens (tertiary/aromatic N) is 1. The number of carbonyl (C=O) groups excluding carboxylic acids is 1. The average molecular weight is 283 g/mol. The van der Waals surface area contributed by atoms with E-state index in [2.05, 4.69) is 5.32 Å². The summed E-state index contributed by atoms with van der Waals surface area (Å²) in [6, 6.07) is 2.80. The topological polar surface area (TPSA) is 58.4 Å². The summed E-state index contributed by atoms with van der Waals surface area (Å²) in [5.74, 6) is -1.19. The molecule has 2 unspecified atom stereocenters. The molecule has 0 aliphatic carbocycles. The van der Waals surface area contributed by atoms with Gasteiger partial charge in [0.05, 0.1) is 5.69 Å². The van der Waals surface area contributed by atoms with Crippen LogP contribution in [-0.2, 0) is 0 Å². The number of rotatable bonds is 2. The molecule has 4 nitrogen and oxygen atoms in total. The van der Waals surface area contributed by atoms with Crippen LogP contribution in [0.4, 0.5) is 19.3 Å². The van der Waals surface area contributed by atoms with Crippen LogP contribution in [0.5, 0.6) is 0 Å². The highest BCUT2D eigenvalue weighted by atomic mass is 19.1. The third-order valence-corrected chi connectivity index (χ3v) is 3.78. The van der Waals surface area contributed by atoms with Gasteiger partial charge in [-0.15, -0.1) is 0 Å². The molecule has 2 rings (SSSR count). The Labute approximate surface area is 116 Å². The number of nitrogens with one attached hydrogen (secondary N) is 1. The van der Waals surface area contributed by atoms with Crippen molar-refractivity contribution in [2.75, 3.05) is 18.4 Å². The van der Waals surface area contributed by atoms with Crippen LogP contribution in [0.2, 0.25) is 0 Å². The summed E-state index contributed by atoms with van der Waals surface area (Å²) in [5, 5.41) is 2.47. The predicted molar refractivity (Wildman–Crippen MR) is 73.3 cm³/mol. The molecule has 1 aromatic rings. The molecule has 1 aliphatic rings. The van der Waals surface area contributed by atoms with E-state index in [9.17, 15) is 13.6 Å². The first kappa shape index (κ1) is 14.7. The van der Waals surface area contributed by atoms with Gasteiger partial charge in [0, 0.05) is 25.2 Å². The van der Waals surface area contributed by atoms with Crippen molar-refractivity contribution < 1.29 is 13.6 Å². The standard InChI is InChI=1S/C14H19F2N3O/c1-2-9-8-19(6-5-12(9)17)14(20)18-13-4-3-10(15)7-11(13)16/h3-4,7,9,12H,2,5-6,8,17H2,1H3,(H,18,20). The smallest absolute Gasteiger partial charge is 0.321 e. The molecule has 3 N–H and O–H groups in total. The van der Waals surface area contributed by atoms with E-state index in [0.29, 0.717) is 13.1 Å². The first-order valence-corrected chi connectivity index (χ1v) is 6.77. The Kier molecular flexibility index (Phi) is 4.54. The number of piperidine rings is 1. The Morgan fingerprint density at radius 2 is 2.25 bits per heavy atom. The lowest BCUT2D eigenvalue weighted by Gasteiger charge is -2.36. The molecular formula is C14H19F2N3O. The number of nitrogens with two attached hydrogens (primary N) is 1. The summed E-state index contributed by atoms with van der Waals surface area (Å²) >= 11 is 0. The zero-order valence-electron chi connectivity index (χ0n) is 11.4. The van der Waals surface area contributed by atoms with Crippen LogP contribution in [0, 0.1) is 17.6 Å². The van der Waals surface area contributed by atoms with Crippen LogP contribution < -0.4 is 11.1 Å². The Balaban J connectivity index is 2.01. The lowest BCUT2D eigenvalue weighted by molar-refractivity contribution is 0.163. The van der Waals surface area contributed by atoms with Crippen molar-refractivity contribution in [2.45, 2.75) is 25.8 Å². The van der Waals surface area contributed by atoms with E-state index in [-0.39, 0.29) is 23.7 Å². The van der Waals surface area contributed by atoms with Gasteiger partial charge in [0.1, 0.15) is 11.6 Å². The zero-order valence-corrected chi connectivity index (χ0v) is 11.4. The number of carbonyl (C=O) groups is 1. The van der Waals surface area contributed by atoms with E-state index >= 15 is 0 Å². The molecule has 110 valence electrons. The fourth-order valence-electron chi connectivity index (χ4n) is 2.45. The second-order valence-corrected chi connectivity index (χ2v) is 5.12. The predicted octanol–water partition coefficient (Wildman–Crippen LogP) is 2.56. The number of likely N-dealkylation sites (tertiary alicyclic amines) is 1. The van der Waals surface area contributed by atoms with Gasteiger partial charge in [0.2, 0.25) is 0 Å². The molecule has 1 fully saturated rings. The number of hydrogen-bond donors (Lipinski definition) is 2. The summed E-state index contributed by atoms with van der Waals surface area (Å²) < 4.78 is 26.3. The van der Waals surface area contributed by atoms with E-state index in [1.54, 1.807) is 4.90 Å². The van der Waals surface area contributed by atoms with E-state index < -0.39 is 11.6 Å². The highest BCUT2D eigenvalue weighted by molar-refractivity contribution is 5.89. The van der Waals surface area contributed by atoms with Crippen LogP contribution in [0.3, 0.4) is 0 Å². The van der Waals surface area contributed by atoms with Gasteiger partial charge in [-0.05, 0) is 24.5 Å². The number of halogens is 2. The van der Waals surface area contributed by atoms with Gasteiger partial charge in [0.25, 0.3) is 0 Å². The van der Waals surface area contributed by atoms with Gasteiger partial charge in [-0.2, -0.15) is 0 Å². The normalized spacial score (nSPS) is 22.7. The third-order valence-electron chi connectivity index (χ3n) is 3.78. The molecule has 20 heavy (non-hydrogen) atoms. The Morgan fingerprint density at radius 1 is 1.50 bits per heavy atom. The van der Waals surface area contributed by atoms with Crippen molar-refractivity contribution in [1.82, 2.24) is 4.90 Å². The number of amides is 2. The monoisotopic (exact) mass is 283 g/mol. The van der Waals surface area contributed by atoms with Crippen LogP contribution in [-0.4, -0.2) is 30.1 Å². The zero-order chi connectivity index (χ0) is 14.7. The Hall–Kier alpha value is -1.69. The molecule has 1 aromatic carbocycles. The maximum Gasteiger partial charge on any atom is 0.321 e. The lowest BCUT2D eigenvalue weighted by atomic mass is 9.91. The molecule has 6 heteroatoms. The number of anilines is 1. The summed E-state index contributed by atoms with van der Waals surface area (Å²) in [4.78, 5) is 13.7. The first-order chi connectivity index (χ1) is 9.51. The Morgan fingerprint density at radius 3 is 2.90 bits per heavy atom. The average Bonchev–Trinajstić information content (AvgIpc) is 2.42.